The van der Waals surface area contributed by atoms with Crippen LogP contribution in [0.25, 0.3) is 0 Å². The fraction of sp³-hybridized carbons (Fsp3) is 0.714. The highest BCUT2D eigenvalue weighted by atomic mass is 15.3. The van der Waals surface area contributed by atoms with Crippen LogP contribution in [0.2, 0.25) is 0 Å². The molecule has 98 valence electrons. The SMILES string of the molecule is CC1CCCc2cnc(N3CCCC3CN)nc21. The van der Waals surface area contributed by atoms with E-state index in [2.05, 4.69) is 16.8 Å². The van der Waals surface area contributed by atoms with Crippen molar-refractivity contribution in [2.24, 2.45) is 5.73 Å². The van der Waals surface area contributed by atoms with Crippen LogP contribution in [0.15, 0.2) is 6.20 Å². The van der Waals surface area contributed by atoms with E-state index in [4.69, 9.17) is 10.7 Å². The number of aromatic nitrogens is 2. The van der Waals surface area contributed by atoms with Gasteiger partial charge in [0, 0.05) is 25.3 Å². The lowest BCUT2D eigenvalue weighted by atomic mass is 9.89. The third-order valence-electron chi connectivity index (χ3n) is 4.34. The Hall–Kier alpha value is -1.16. The summed E-state index contributed by atoms with van der Waals surface area (Å²) in [6, 6.07) is 0.432. The van der Waals surface area contributed by atoms with Crippen molar-refractivity contribution < 1.29 is 0 Å². The van der Waals surface area contributed by atoms with Gasteiger partial charge in [0.05, 0.1) is 5.69 Å². The normalized spacial score (nSPS) is 27.3. The molecule has 1 aliphatic heterocycles. The zero-order valence-electron chi connectivity index (χ0n) is 11.1. The van der Waals surface area contributed by atoms with Crippen LogP contribution in [-0.4, -0.2) is 29.1 Å². The van der Waals surface area contributed by atoms with Crippen LogP contribution in [-0.2, 0) is 6.42 Å². The maximum atomic E-state index is 5.83. The van der Waals surface area contributed by atoms with E-state index in [1.54, 1.807) is 0 Å². The second kappa shape index (κ2) is 4.84. The van der Waals surface area contributed by atoms with Gasteiger partial charge in [-0.05, 0) is 43.6 Å². The fourth-order valence-corrected chi connectivity index (χ4v) is 3.25. The van der Waals surface area contributed by atoms with Crippen molar-refractivity contribution in [3.05, 3.63) is 17.5 Å². The summed E-state index contributed by atoms with van der Waals surface area (Å²) in [5.41, 5.74) is 8.45. The van der Waals surface area contributed by atoms with Crippen LogP contribution in [0.3, 0.4) is 0 Å². The molecule has 18 heavy (non-hydrogen) atoms. The van der Waals surface area contributed by atoms with Crippen molar-refractivity contribution in [2.45, 2.75) is 51.0 Å². The molecule has 3 rings (SSSR count). The lowest BCUT2D eigenvalue weighted by molar-refractivity contribution is 0.566. The largest absolute Gasteiger partial charge is 0.337 e. The first-order valence-electron chi connectivity index (χ1n) is 7.12. The zero-order valence-corrected chi connectivity index (χ0v) is 11.1. The molecule has 0 bridgehead atoms. The molecule has 1 aromatic heterocycles. The third-order valence-corrected chi connectivity index (χ3v) is 4.34. The first-order valence-corrected chi connectivity index (χ1v) is 7.12. The Morgan fingerprint density at radius 1 is 1.39 bits per heavy atom. The summed E-state index contributed by atoms with van der Waals surface area (Å²) in [6.45, 7) is 4.03. The number of nitrogens with two attached hydrogens (primary N) is 1. The molecular formula is C14H22N4. The van der Waals surface area contributed by atoms with Gasteiger partial charge in [-0.2, -0.15) is 0 Å². The van der Waals surface area contributed by atoms with Crippen LogP contribution < -0.4 is 10.6 Å². The van der Waals surface area contributed by atoms with Crippen molar-refractivity contribution in [3.63, 3.8) is 0 Å². The van der Waals surface area contributed by atoms with E-state index in [0.29, 0.717) is 18.5 Å². The predicted molar refractivity (Wildman–Crippen MR) is 72.8 cm³/mol. The van der Waals surface area contributed by atoms with Gasteiger partial charge in [-0.1, -0.05) is 6.92 Å². The van der Waals surface area contributed by atoms with Crippen LogP contribution in [0.5, 0.6) is 0 Å². The first-order chi connectivity index (χ1) is 8.79. The Kier molecular flexibility index (Phi) is 3.20. The molecule has 2 atom stereocenters. The van der Waals surface area contributed by atoms with E-state index in [0.717, 1.165) is 18.9 Å². The molecule has 4 nitrogen and oxygen atoms in total. The van der Waals surface area contributed by atoms with E-state index < -0.39 is 0 Å². The summed E-state index contributed by atoms with van der Waals surface area (Å²) >= 11 is 0. The van der Waals surface area contributed by atoms with Crippen LogP contribution in [0, 0.1) is 0 Å². The van der Waals surface area contributed by atoms with Crippen LogP contribution in [0.4, 0.5) is 5.95 Å². The molecule has 0 saturated carbocycles. The molecule has 4 heteroatoms. The highest BCUT2D eigenvalue weighted by molar-refractivity contribution is 5.38. The van der Waals surface area contributed by atoms with Crippen molar-refractivity contribution >= 4 is 5.95 Å². The molecule has 1 fully saturated rings. The lowest BCUT2D eigenvalue weighted by Crippen LogP contribution is -2.36. The lowest BCUT2D eigenvalue weighted by Gasteiger charge is -2.26. The van der Waals surface area contributed by atoms with Crippen molar-refractivity contribution in [1.29, 1.82) is 0 Å². The Labute approximate surface area is 109 Å². The van der Waals surface area contributed by atoms with Gasteiger partial charge in [0.2, 0.25) is 5.95 Å². The maximum Gasteiger partial charge on any atom is 0.225 e. The Morgan fingerprint density at radius 2 is 2.28 bits per heavy atom. The van der Waals surface area contributed by atoms with Crippen molar-refractivity contribution in [3.8, 4) is 0 Å². The van der Waals surface area contributed by atoms with E-state index >= 15 is 0 Å². The van der Waals surface area contributed by atoms with Gasteiger partial charge in [0.15, 0.2) is 0 Å². The van der Waals surface area contributed by atoms with Gasteiger partial charge in [-0.3, -0.25) is 0 Å². The Balaban J connectivity index is 1.91. The van der Waals surface area contributed by atoms with Gasteiger partial charge >= 0.3 is 0 Å². The molecule has 0 spiro atoms. The summed E-state index contributed by atoms with van der Waals surface area (Å²) in [6.07, 6.45) is 8.08. The first kappa shape index (κ1) is 11.9. The highest BCUT2D eigenvalue weighted by Gasteiger charge is 2.27. The highest BCUT2D eigenvalue weighted by Crippen LogP contribution is 2.31. The number of rotatable bonds is 2. The average Bonchev–Trinajstić information content (AvgIpc) is 2.87. The zero-order chi connectivity index (χ0) is 12.5. The van der Waals surface area contributed by atoms with Gasteiger partial charge < -0.3 is 10.6 Å². The average molecular weight is 246 g/mol. The molecule has 1 saturated heterocycles. The van der Waals surface area contributed by atoms with E-state index in [-0.39, 0.29) is 0 Å². The minimum atomic E-state index is 0.432. The Morgan fingerprint density at radius 3 is 3.11 bits per heavy atom. The minimum Gasteiger partial charge on any atom is -0.337 e. The van der Waals surface area contributed by atoms with Crippen molar-refractivity contribution in [2.75, 3.05) is 18.0 Å². The van der Waals surface area contributed by atoms with E-state index in [1.165, 1.54) is 36.9 Å². The number of aryl methyl sites for hydroxylation is 1. The van der Waals surface area contributed by atoms with E-state index in [1.807, 2.05) is 6.20 Å². The standard InChI is InChI=1S/C14H22N4/c1-10-4-2-5-11-9-16-14(17-13(10)11)18-7-3-6-12(18)8-15/h9-10,12H,2-8,15H2,1H3. The summed E-state index contributed by atoms with van der Waals surface area (Å²) in [5.74, 6) is 1.48. The minimum absolute atomic E-state index is 0.432. The second-order valence-electron chi connectivity index (χ2n) is 5.60. The fourth-order valence-electron chi connectivity index (χ4n) is 3.25. The van der Waals surface area contributed by atoms with Crippen molar-refractivity contribution in [1.82, 2.24) is 9.97 Å². The number of hydrogen-bond acceptors (Lipinski definition) is 4. The molecule has 1 aromatic rings. The van der Waals surface area contributed by atoms with Gasteiger partial charge in [-0.15, -0.1) is 0 Å². The quantitative estimate of drug-likeness (QED) is 0.865. The molecule has 2 unspecified atom stereocenters. The third kappa shape index (κ3) is 1.99. The monoisotopic (exact) mass is 246 g/mol. The number of hydrogen-bond donors (Lipinski definition) is 1. The Bertz CT molecular complexity index is 432. The summed E-state index contributed by atoms with van der Waals surface area (Å²) in [5, 5.41) is 0. The molecule has 2 heterocycles. The molecule has 2 aliphatic rings. The predicted octanol–water partition coefficient (Wildman–Crippen LogP) is 1.84. The smallest absolute Gasteiger partial charge is 0.225 e. The van der Waals surface area contributed by atoms with Crippen LogP contribution in [0.1, 0.15) is 49.8 Å². The number of fused-ring (bicyclic) bond motifs is 1. The molecule has 0 aromatic carbocycles. The summed E-state index contributed by atoms with van der Waals surface area (Å²) in [4.78, 5) is 11.7. The second-order valence-corrected chi connectivity index (χ2v) is 5.60. The van der Waals surface area contributed by atoms with Gasteiger partial charge in [0.1, 0.15) is 0 Å². The topological polar surface area (TPSA) is 55.0 Å². The van der Waals surface area contributed by atoms with Gasteiger partial charge in [0.25, 0.3) is 0 Å². The molecular weight excluding hydrogens is 224 g/mol. The molecule has 0 radical (unpaired) electrons. The molecule has 1 aliphatic carbocycles. The number of anilines is 1. The molecule has 0 amide bonds. The van der Waals surface area contributed by atoms with E-state index in [9.17, 15) is 0 Å². The summed E-state index contributed by atoms with van der Waals surface area (Å²) in [7, 11) is 0. The number of nitrogens with zero attached hydrogens (tertiary/aromatic N) is 3. The van der Waals surface area contributed by atoms with Crippen LogP contribution >= 0.6 is 0 Å². The maximum absolute atomic E-state index is 5.83. The van der Waals surface area contributed by atoms with Gasteiger partial charge in [-0.25, -0.2) is 9.97 Å². The summed E-state index contributed by atoms with van der Waals surface area (Å²) < 4.78 is 0. The molecule has 2 N–H and O–H groups in total.